The summed E-state index contributed by atoms with van der Waals surface area (Å²) in [5.74, 6) is 0. The summed E-state index contributed by atoms with van der Waals surface area (Å²) in [4.78, 5) is 0. The van der Waals surface area contributed by atoms with Gasteiger partial charge in [-0.05, 0) is 50.8 Å². The van der Waals surface area contributed by atoms with Crippen LogP contribution < -0.4 is 5.73 Å². The molecule has 0 bridgehead atoms. The second-order valence-electron chi connectivity index (χ2n) is 5.08. The smallest absolute Gasteiger partial charge is 0.150 e. The molecule has 1 atom stereocenters. The van der Waals surface area contributed by atoms with Crippen molar-refractivity contribution in [2.45, 2.75) is 39.3 Å². The summed E-state index contributed by atoms with van der Waals surface area (Å²) in [5, 5.41) is 5.81. The standard InChI is InChI=1S/C14H19N3O/c1-9-7-11-10(2)16-17(13(11)8-12(9)15)14-5-3-4-6-18-14/h7-8,14H,3-6,15H2,1-2H3. The number of aromatic nitrogens is 2. The number of hydrogen-bond acceptors (Lipinski definition) is 3. The first kappa shape index (κ1) is 11.5. The molecule has 2 aromatic rings. The predicted octanol–water partition coefficient (Wildman–Crippen LogP) is 2.93. The van der Waals surface area contributed by atoms with E-state index in [1.807, 2.05) is 24.6 Å². The second-order valence-corrected chi connectivity index (χ2v) is 5.08. The van der Waals surface area contributed by atoms with Crippen LogP contribution in [-0.4, -0.2) is 16.4 Å². The normalized spacial score (nSPS) is 20.4. The Morgan fingerprint density at radius 1 is 1.33 bits per heavy atom. The Labute approximate surface area is 107 Å². The van der Waals surface area contributed by atoms with E-state index in [0.29, 0.717) is 0 Å². The lowest BCUT2D eigenvalue weighted by Gasteiger charge is -2.23. The van der Waals surface area contributed by atoms with E-state index >= 15 is 0 Å². The fourth-order valence-electron chi connectivity index (χ4n) is 2.60. The third kappa shape index (κ3) is 1.77. The number of nitrogen functional groups attached to an aromatic ring is 1. The van der Waals surface area contributed by atoms with Crippen LogP contribution in [0.5, 0.6) is 0 Å². The zero-order valence-electron chi connectivity index (χ0n) is 10.9. The second kappa shape index (κ2) is 4.28. The minimum atomic E-state index is 0.0667. The molecule has 1 aliphatic rings. The van der Waals surface area contributed by atoms with Gasteiger partial charge in [0.1, 0.15) is 0 Å². The van der Waals surface area contributed by atoms with Crippen molar-refractivity contribution in [2.75, 3.05) is 12.3 Å². The molecule has 1 aliphatic heterocycles. The van der Waals surface area contributed by atoms with Crippen molar-refractivity contribution in [3.63, 3.8) is 0 Å². The molecule has 2 heterocycles. The van der Waals surface area contributed by atoms with Crippen molar-refractivity contribution >= 4 is 16.6 Å². The van der Waals surface area contributed by atoms with E-state index in [1.54, 1.807) is 0 Å². The Balaban J connectivity index is 2.14. The van der Waals surface area contributed by atoms with Crippen LogP contribution in [0, 0.1) is 13.8 Å². The molecule has 1 fully saturated rings. The quantitative estimate of drug-likeness (QED) is 0.786. The summed E-state index contributed by atoms with van der Waals surface area (Å²) in [6.07, 6.45) is 3.45. The van der Waals surface area contributed by atoms with Crippen LogP contribution in [0.3, 0.4) is 0 Å². The largest absolute Gasteiger partial charge is 0.398 e. The number of benzene rings is 1. The fourth-order valence-corrected chi connectivity index (χ4v) is 2.60. The molecule has 2 N–H and O–H groups in total. The molecule has 18 heavy (non-hydrogen) atoms. The zero-order valence-corrected chi connectivity index (χ0v) is 10.9. The van der Waals surface area contributed by atoms with E-state index in [9.17, 15) is 0 Å². The average molecular weight is 245 g/mol. The van der Waals surface area contributed by atoms with Crippen LogP contribution in [0.15, 0.2) is 12.1 Å². The van der Waals surface area contributed by atoms with Crippen molar-refractivity contribution in [2.24, 2.45) is 0 Å². The number of rotatable bonds is 1. The van der Waals surface area contributed by atoms with Gasteiger partial charge in [-0.15, -0.1) is 0 Å². The molecule has 3 rings (SSSR count). The zero-order chi connectivity index (χ0) is 12.7. The van der Waals surface area contributed by atoms with Gasteiger partial charge in [0, 0.05) is 17.7 Å². The number of ether oxygens (including phenoxy) is 1. The van der Waals surface area contributed by atoms with Crippen LogP contribution in [0.4, 0.5) is 5.69 Å². The van der Waals surface area contributed by atoms with E-state index in [2.05, 4.69) is 11.2 Å². The van der Waals surface area contributed by atoms with Gasteiger partial charge in [-0.2, -0.15) is 5.10 Å². The van der Waals surface area contributed by atoms with Gasteiger partial charge in [0.15, 0.2) is 6.23 Å². The lowest BCUT2D eigenvalue weighted by molar-refractivity contribution is -0.0368. The van der Waals surface area contributed by atoms with Crippen LogP contribution in [0.2, 0.25) is 0 Å². The van der Waals surface area contributed by atoms with E-state index < -0.39 is 0 Å². The third-order valence-corrected chi connectivity index (χ3v) is 3.71. The molecule has 0 amide bonds. The van der Waals surface area contributed by atoms with Gasteiger partial charge in [-0.25, -0.2) is 4.68 Å². The van der Waals surface area contributed by atoms with Crippen LogP contribution >= 0.6 is 0 Å². The maximum Gasteiger partial charge on any atom is 0.150 e. The van der Waals surface area contributed by atoms with Gasteiger partial charge in [-0.1, -0.05) is 0 Å². The fraction of sp³-hybridized carbons (Fsp3) is 0.500. The number of nitrogens with zero attached hydrogens (tertiary/aromatic N) is 2. The van der Waals surface area contributed by atoms with Gasteiger partial charge in [0.25, 0.3) is 0 Å². The van der Waals surface area contributed by atoms with Gasteiger partial charge in [0.2, 0.25) is 0 Å². The molecule has 0 radical (unpaired) electrons. The summed E-state index contributed by atoms with van der Waals surface area (Å²) in [5.41, 5.74) is 10.1. The van der Waals surface area contributed by atoms with Gasteiger partial charge < -0.3 is 10.5 Å². The molecular weight excluding hydrogens is 226 g/mol. The molecule has 0 aliphatic carbocycles. The molecule has 1 saturated heterocycles. The highest BCUT2D eigenvalue weighted by Crippen LogP contribution is 2.30. The summed E-state index contributed by atoms with van der Waals surface area (Å²) in [6.45, 7) is 4.90. The molecule has 0 saturated carbocycles. The van der Waals surface area contributed by atoms with Crippen molar-refractivity contribution in [1.82, 2.24) is 9.78 Å². The number of hydrogen-bond donors (Lipinski definition) is 1. The summed E-state index contributed by atoms with van der Waals surface area (Å²) in [7, 11) is 0. The molecule has 1 aromatic heterocycles. The summed E-state index contributed by atoms with van der Waals surface area (Å²) >= 11 is 0. The van der Waals surface area contributed by atoms with Crippen LogP contribution in [0.25, 0.3) is 10.9 Å². The molecule has 0 spiro atoms. The van der Waals surface area contributed by atoms with Crippen molar-refractivity contribution in [3.8, 4) is 0 Å². The predicted molar refractivity (Wildman–Crippen MR) is 72.5 cm³/mol. The monoisotopic (exact) mass is 245 g/mol. The molecule has 96 valence electrons. The molecule has 4 heteroatoms. The van der Waals surface area contributed by atoms with E-state index in [-0.39, 0.29) is 6.23 Å². The summed E-state index contributed by atoms with van der Waals surface area (Å²) in [6, 6.07) is 4.13. The molecule has 1 aromatic carbocycles. The lowest BCUT2D eigenvalue weighted by atomic mass is 10.1. The number of nitrogens with two attached hydrogens (primary N) is 1. The van der Waals surface area contributed by atoms with Crippen molar-refractivity contribution in [1.29, 1.82) is 0 Å². The summed E-state index contributed by atoms with van der Waals surface area (Å²) < 4.78 is 7.81. The Morgan fingerprint density at radius 2 is 2.17 bits per heavy atom. The maximum absolute atomic E-state index is 6.01. The van der Waals surface area contributed by atoms with Gasteiger partial charge in [0.05, 0.1) is 11.2 Å². The third-order valence-electron chi connectivity index (χ3n) is 3.71. The SMILES string of the molecule is Cc1cc2c(C)nn(C3CCCCO3)c2cc1N. The van der Waals surface area contributed by atoms with Crippen LogP contribution in [-0.2, 0) is 4.74 Å². The Hall–Kier alpha value is -1.55. The number of fused-ring (bicyclic) bond motifs is 1. The molecule has 4 nitrogen and oxygen atoms in total. The Morgan fingerprint density at radius 3 is 2.89 bits per heavy atom. The highest BCUT2D eigenvalue weighted by molar-refractivity contribution is 5.86. The first-order valence-electron chi connectivity index (χ1n) is 6.53. The van der Waals surface area contributed by atoms with Crippen LogP contribution in [0.1, 0.15) is 36.7 Å². The lowest BCUT2D eigenvalue weighted by Crippen LogP contribution is -2.19. The Bertz CT molecular complexity index is 582. The highest BCUT2D eigenvalue weighted by atomic mass is 16.5. The van der Waals surface area contributed by atoms with E-state index in [4.69, 9.17) is 10.5 Å². The number of aryl methyl sites for hydroxylation is 2. The highest BCUT2D eigenvalue weighted by Gasteiger charge is 2.20. The number of anilines is 1. The van der Waals surface area contributed by atoms with E-state index in [0.717, 1.165) is 41.9 Å². The van der Waals surface area contributed by atoms with Crippen molar-refractivity contribution in [3.05, 3.63) is 23.4 Å². The average Bonchev–Trinajstić information content (AvgIpc) is 2.69. The molecular formula is C14H19N3O. The first-order chi connectivity index (χ1) is 8.66. The minimum absolute atomic E-state index is 0.0667. The van der Waals surface area contributed by atoms with Crippen molar-refractivity contribution < 1.29 is 4.74 Å². The Kier molecular flexibility index (Phi) is 2.74. The van der Waals surface area contributed by atoms with Gasteiger partial charge >= 0.3 is 0 Å². The first-order valence-corrected chi connectivity index (χ1v) is 6.53. The topological polar surface area (TPSA) is 53.1 Å². The molecule has 1 unspecified atom stereocenters. The maximum atomic E-state index is 6.01. The van der Waals surface area contributed by atoms with Gasteiger partial charge in [-0.3, -0.25) is 0 Å². The minimum Gasteiger partial charge on any atom is -0.398 e. The van der Waals surface area contributed by atoms with E-state index in [1.165, 1.54) is 11.8 Å².